The van der Waals surface area contributed by atoms with Gasteiger partial charge in [-0.15, -0.1) is 0 Å². The first-order valence-corrected chi connectivity index (χ1v) is 11.2. The molecule has 0 aliphatic carbocycles. The van der Waals surface area contributed by atoms with Crippen molar-refractivity contribution in [3.63, 3.8) is 0 Å². The van der Waals surface area contributed by atoms with Gasteiger partial charge in [-0.05, 0) is 68.9 Å². The second kappa shape index (κ2) is 11.6. The first-order valence-electron chi connectivity index (χ1n) is 10.8. The highest BCUT2D eigenvalue weighted by Crippen LogP contribution is 2.26. The number of methoxy groups -OCH3 is 1. The Bertz CT molecular complexity index is 1130. The van der Waals surface area contributed by atoms with Gasteiger partial charge in [0.15, 0.2) is 0 Å². The van der Waals surface area contributed by atoms with E-state index in [0.717, 1.165) is 18.5 Å². The summed E-state index contributed by atoms with van der Waals surface area (Å²) in [6.45, 7) is 2.79. The van der Waals surface area contributed by atoms with Crippen molar-refractivity contribution in [2.24, 2.45) is 0 Å². The summed E-state index contributed by atoms with van der Waals surface area (Å²) in [6, 6.07) is 15.7. The maximum Gasteiger partial charge on any atom is 0.337 e. The Hall–Kier alpha value is -3.42. The summed E-state index contributed by atoms with van der Waals surface area (Å²) in [5.41, 5.74) is 2.68. The van der Waals surface area contributed by atoms with Crippen LogP contribution in [0.4, 0.5) is 0 Å². The standard InChI is InChI=1S/C26H28ClN3O4/c1-17(19-7-9-20(10-8-19)26(32)33-4)29-24(31)23-15-21(27)16-28-25(23)34-22-11-5-18(6-12-22)13-14-30(2)3/h5-12,15-17H,13-14H2,1-4H3,(H,29,31)/t17-/m0/s1. The number of benzene rings is 2. The van der Waals surface area contributed by atoms with Gasteiger partial charge in [-0.3, -0.25) is 4.79 Å². The Balaban J connectivity index is 1.72. The molecule has 1 N–H and O–H groups in total. The van der Waals surface area contributed by atoms with Crippen LogP contribution in [0, 0.1) is 0 Å². The van der Waals surface area contributed by atoms with E-state index >= 15 is 0 Å². The molecule has 1 amide bonds. The minimum absolute atomic E-state index is 0.163. The number of nitrogens with one attached hydrogen (secondary N) is 1. The number of carbonyl (C=O) groups excluding carboxylic acids is 2. The smallest absolute Gasteiger partial charge is 0.337 e. The average molecular weight is 482 g/mol. The van der Waals surface area contributed by atoms with E-state index < -0.39 is 5.97 Å². The molecule has 178 valence electrons. The largest absolute Gasteiger partial charge is 0.465 e. The number of esters is 1. The van der Waals surface area contributed by atoms with Crippen molar-refractivity contribution in [1.29, 1.82) is 0 Å². The number of pyridine rings is 1. The highest BCUT2D eigenvalue weighted by molar-refractivity contribution is 6.30. The zero-order valence-electron chi connectivity index (χ0n) is 19.7. The third-order valence-corrected chi connectivity index (χ3v) is 5.43. The van der Waals surface area contributed by atoms with E-state index in [1.165, 1.54) is 24.9 Å². The van der Waals surface area contributed by atoms with Gasteiger partial charge >= 0.3 is 5.97 Å². The average Bonchev–Trinajstić information content (AvgIpc) is 2.84. The number of amides is 1. The quantitative estimate of drug-likeness (QED) is 0.437. The summed E-state index contributed by atoms with van der Waals surface area (Å²) >= 11 is 6.11. The van der Waals surface area contributed by atoms with E-state index in [1.807, 2.05) is 45.3 Å². The maximum atomic E-state index is 13.0. The molecule has 0 saturated heterocycles. The van der Waals surface area contributed by atoms with E-state index in [2.05, 4.69) is 15.2 Å². The van der Waals surface area contributed by atoms with Gasteiger partial charge in [0.05, 0.1) is 23.7 Å². The lowest BCUT2D eigenvalue weighted by Gasteiger charge is -2.16. The van der Waals surface area contributed by atoms with Crippen molar-refractivity contribution in [2.45, 2.75) is 19.4 Å². The molecule has 3 rings (SSSR count). The molecule has 0 bridgehead atoms. The number of likely N-dealkylation sites (N-methyl/N-ethyl adjacent to an activating group) is 1. The van der Waals surface area contributed by atoms with Gasteiger partial charge < -0.3 is 19.7 Å². The molecule has 0 radical (unpaired) electrons. The summed E-state index contributed by atoms with van der Waals surface area (Å²) in [5, 5.41) is 3.25. The number of nitrogens with zero attached hydrogens (tertiary/aromatic N) is 2. The summed E-state index contributed by atoms with van der Waals surface area (Å²) in [4.78, 5) is 31.0. The number of halogens is 1. The first-order chi connectivity index (χ1) is 16.3. The van der Waals surface area contributed by atoms with Gasteiger partial charge in [0.2, 0.25) is 5.88 Å². The molecule has 1 atom stereocenters. The predicted molar refractivity (Wildman–Crippen MR) is 132 cm³/mol. The van der Waals surface area contributed by atoms with E-state index in [4.69, 9.17) is 21.1 Å². The molecular formula is C26H28ClN3O4. The lowest BCUT2D eigenvalue weighted by atomic mass is 10.1. The molecule has 1 heterocycles. The highest BCUT2D eigenvalue weighted by Gasteiger charge is 2.19. The molecule has 8 heteroatoms. The predicted octanol–water partition coefficient (Wildman–Crippen LogP) is 4.91. The second-order valence-corrected chi connectivity index (χ2v) is 8.55. The molecule has 2 aromatic carbocycles. The number of hydrogen-bond donors (Lipinski definition) is 1. The number of rotatable bonds is 9. The van der Waals surface area contributed by atoms with Crippen molar-refractivity contribution in [1.82, 2.24) is 15.2 Å². The lowest BCUT2D eigenvalue weighted by molar-refractivity contribution is 0.0600. The molecule has 0 spiro atoms. The fourth-order valence-corrected chi connectivity index (χ4v) is 3.40. The summed E-state index contributed by atoms with van der Waals surface area (Å²) in [5.74, 6) is -0.0574. The molecule has 1 aromatic heterocycles. The topological polar surface area (TPSA) is 80.8 Å². The minimum atomic E-state index is -0.416. The third-order valence-electron chi connectivity index (χ3n) is 5.23. The normalized spacial score (nSPS) is 11.7. The number of aromatic nitrogens is 1. The zero-order chi connectivity index (χ0) is 24.7. The Morgan fingerprint density at radius 3 is 2.38 bits per heavy atom. The Morgan fingerprint density at radius 1 is 1.09 bits per heavy atom. The van der Waals surface area contributed by atoms with Crippen LogP contribution >= 0.6 is 11.6 Å². The van der Waals surface area contributed by atoms with E-state index in [0.29, 0.717) is 16.3 Å². The Kier molecular flexibility index (Phi) is 8.62. The van der Waals surface area contributed by atoms with Crippen LogP contribution in [0.5, 0.6) is 11.6 Å². The van der Waals surface area contributed by atoms with Crippen LogP contribution in [-0.2, 0) is 11.2 Å². The van der Waals surface area contributed by atoms with Crippen LogP contribution in [0.15, 0.2) is 60.8 Å². The van der Waals surface area contributed by atoms with Crippen LogP contribution in [0.25, 0.3) is 0 Å². The molecule has 0 unspecified atom stereocenters. The molecule has 0 fully saturated rings. The molecule has 7 nitrogen and oxygen atoms in total. The Morgan fingerprint density at radius 2 is 1.76 bits per heavy atom. The molecule has 34 heavy (non-hydrogen) atoms. The fourth-order valence-electron chi connectivity index (χ4n) is 3.24. The maximum absolute atomic E-state index is 13.0. The van der Waals surface area contributed by atoms with E-state index in [1.54, 1.807) is 24.3 Å². The molecule has 0 saturated carbocycles. The van der Waals surface area contributed by atoms with E-state index in [9.17, 15) is 9.59 Å². The van der Waals surface area contributed by atoms with Gasteiger partial charge in [-0.25, -0.2) is 9.78 Å². The zero-order valence-corrected chi connectivity index (χ0v) is 20.4. The molecule has 0 aliphatic heterocycles. The molecular weight excluding hydrogens is 454 g/mol. The van der Waals surface area contributed by atoms with Gasteiger partial charge in [-0.1, -0.05) is 35.9 Å². The van der Waals surface area contributed by atoms with Crippen LogP contribution in [0.2, 0.25) is 5.02 Å². The Labute approximate surface area is 204 Å². The molecule has 3 aromatic rings. The van der Waals surface area contributed by atoms with Crippen LogP contribution in [-0.4, -0.2) is 49.5 Å². The van der Waals surface area contributed by atoms with Crippen molar-refractivity contribution >= 4 is 23.5 Å². The number of ether oxygens (including phenoxy) is 2. The van der Waals surface area contributed by atoms with Crippen LogP contribution in [0.3, 0.4) is 0 Å². The van der Waals surface area contributed by atoms with Crippen LogP contribution in [0.1, 0.15) is 44.8 Å². The number of carbonyl (C=O) groups is 2. The molecule has 0 aliphatic rings. The second-order valence-electron chi connectivity index (χ2n) is 8.11. The highest BCUT2D eigenvalue weighted by atomic mass is 35.5. The first kappa shape index (κ1) is 25.2. The minimum Gasteiger partial charge on any atom is -0.465 e. The summed E-state index contributed by atoms with van der Waals surface area (Å²) in [7, 11) is 5.40. The third kappa shape index (κ3) is 6.79. The van der Waals surface area contributed by atoms with Gasteiger partial charge in [0.1, 0.15) is 11.3 Å². The SMILES string of the molecule is COC(=O)c1ccc([C@H](C)NC(=O)c2cc(Cl)cnc2Oc2ccc(CCN(C)C)cc2)cc1. The van der Waals surface area contributed by atoms with Gasteiger partial charge in [-0.2, -0.15) is 0 Å². The van der Waals surface area contributed by atoms with Crippen molar-refractivity contribution in [2.75, 3.05) is 27.7 Å². The van der Waals surface area contributed by atoms with Crippen molar-refractivity contribution < 1.29 is 19.1 Å². The van der Waals surface area contributed by atoms with Gasteiger partial charge in [0.25, 0.3) is 5.91 Å². The summed E-state index contributed by atoms with van der Waals surface area (Å²) in [6.07, 6.45) is 2.37. The fraction of sp³-hybridized carbons (Fsp3) is 0.269. The van der Waals surface area contributed by atoms with Crippen molar-refractivity contribution in [3.8, 4) is 11.6 Å². The number of hydrogen-bond acceptors (Lipinski definition) is 6. The summed E-state index contributed by atoms with van der Waals surface area (Å²) < 4.78 is 10.6. The van der Waals surface area contributed by atoms with E-state index in [-0.39, 0.29) is 23.4 Å². The van der Waals surface area contributed by atoms with Crippen molar-refractivity contribution in [3.05, 3.63) is 88.1 Å². The lowest BCUT2D eigenvalue weighted by Crippen LogP contribution is -2.27. The van der Waals surface area contributed by atoms with Gasteiger partial charge in [0, 0.05) is 12.7 Å². The monoisotopic (exact) mass is 481 g/mol. The van der Waals surface area contributed by atoms with Crippen LogP contribution < -0.4 is 10.1 Å².